The molecule has 0 saturated carbocycles. The number of amides is 2. The van der Waals surface area contributed by atoms with Gasteiger partial charge in [0, 0.05) is 17.8 Å². The fourth-order valence-electron chi connectivity index (χ4n) is 6.97. The number of nitrogens with one attached hydrogen (secondary N) is 2. The van der Waals surface area contributed by atoms with Gasteiger partial charge in [-0.05, 0) is 116 Å². The summed E-state index contributed by atoms with van der Waals surface area (Å²) in [5, 5.41) is 6.19. The van der Waals surface area contributed by atoms with Crippen LogP contribution in [0.15, 0.2) is 55.3 Å². The zero-order valence-corrected chi connectivity index (χ0v) is 37.5. The quantitative estimate of drug-likeness (QED) is 0.141. The fourth-order valence-corrected chi connectivity index (χ4v) is 6.97. The number of unbranched alkanes of at least 4 members (excludes halogenated alkanes) is 3. The van der Waals surface area contributed by atoms with Gasteiger partial charge >= 0.3 is 11.9 Å². The van der Waals surface area contributed by atoms with Crippen LogP contribution in [-0.4, -0.2) is 46.6 Å². The molecule has 0 aromatic heterocycles. The summed E-state index contributed by atoms with van der Waals surface area (Å²) < 4.78 is 12.0. The van der Waals surface area contributed by atoms with Crippen molar-refractivity contribution in [3.8, 4) is 0 Å². The predicted molar refractivity (Wildman–Crippen MR) is 228 cm³/mol. The molecular weight excluding hydrogens is 705 g/mol. The topological polar surface area (TPSA) is 136 Å². The van der Waals surface area contributed by atoms with Crippen LogP contribution in [0.5, 0.6) is 0 Å². The number of hydrogen-bond donors (Lipinski definition) is 2. The van der Waals surface area contributed by atoms with Crippen LogP contribution < -0.4 is 10.6 Å². The normalized spacial score (nSPS) is 18.5. The van der Waals surface area contributed by atoms with Crippen LogP contribution in [-0.2, 0) is 28.7 Å². The number of allylic oxidation sites excluding steroid dienone is 2. The summed E-state index contributed by atoms with van der Waals surface area (Å²) in [6.07, 6.45) is 10.7. The van der Waals surface area contributed by atoms with Gasteiger partial charge in [0.1, 0.15) is 28.4 Å². The molecule has 2 amide bonds. The van der Waals surface area contributed by atoms with Gasteiger partial charge in [-0.2, -0.15) is 0 Å². The van der Waals surface area contributed by atoms with Crippen LogP contribution in [0.3, 0.4) is 0 Å². The van der Waals surface area contributed by atoms with E-state index in [2.05, 4.69) is 31.4 Å². The first-order valence-electron chi connectivity index (χ1n) is 21.3. The van der Waals surface area contributed by atoms with Crippen molar-refractivity contribution in [1.82, 2.24) is 10.6 Å². The Kier molecular flexibility index (Phi) is 18.7. The molecule has 2 aliphatic rings. The molecule has 2 heterocycles. The van der Waals surface area contributed by atoms with Gasteiger partial charge in [0.2, 0.25) is 11.8 Å². The summed E-state index contributed by atoms with van der Waals surface area (Å²) >= 11 is 0. The summed E-state index contributed by atoms with van der Waals surface area (Å²) in [6, 6.07) is 0. The van der Waals surface area contributed by atoms with Crippen LogP contribution >= 0.6 is 0 Å². The van der Waals surface area contributed by atoms with Gasteiger partial charge in [-0.1, -0.05) is 87.5 Å². The van der Waals surface area contributed by atoms with Gasteiger partial charge in [0.05, 0.1) is 17.0 Å². The van der Waals surface area contributed by atoms with E-state index in [-0.39, 0.29) is 41.0 Å². The minimum absolute atomic E-state index is 0.0964. The number of hydrogen-bond acceptors (Lipinski definition) is 8. The van der Waals surface area contributed by atoms with Crippen molar-refractivity contribution in [3.05, 3.63) is 45.3 Å². The van der Waals surface area contributed by atoms with Crippen molar-refractivity contribution >= 4 is 35.4 Å². The molecule has 56 heavy (non-hydrogen) atoms. The molecule has 0 radical (unpaired) electrons. The molecule has 0 aromatic rings. The lowest BCUT2D eigenvalue weighted by Gasteiger charge is -2.26. The highest BCUT2D eigenvalue weighted by Gasteiger charge is 2.37. The molecule has 10 nitrogen and oxygen atoms in total. The van der Waals surface area contributed by atoms with E-state index < -0.39 is 29.1 Å². The number of esters is 2. The second-order valence-corrected chi connectivity index (χ2v) is 17.6. The molecule has 2 rings (SSSR count). The third kappa shape index (κ3) is 13.7. The minimum Gasteiger partial charge on any atom is -0.456 e. The molecule has 0 bridgehead atoms. The van der Waals surface area contributed by atoms with E-state index in [1.54, 1.807) is 33.8 Å². The van der Waals surface area contributed by atoms with Crippen LogP contribution in [0.25, 0.3) is 0 Å². The Balaban J connectivity index is 3.07. The first-order valence-corrected chi connectivity index (χ1v) is 21.3. The zero-order valence-electron chi connectivity index (χ0n) is 37.5. The maximum absolute atomic E-state index is 14.4. The van der Waals surface area contributed by atoms with Gasteiger partial charge in [-0.15, -0.1) is 0 Å². The lowest BCUT2D eigenvalue weighted by Crippen LogP contribution is -2.39. The third-order valence-corrected chi connectivity index (χ3v) is 10.2. The molecule has 314 valence electrons. The van der Waals surface area contributed by atoms with Crippen molar-refractivity contribution in [2.75, 3.05) is 0 Å². The SMILES string of the molecule is CCCCC1=C(C(=O)OC(C)(C)C)C(C(C)C)=C(/C=C2\N=C(NC(=O)C(CC)CCCC)C(C(=O)OC(C)(C)C)=C2C)N=C(NC(=O)C(CC)CCCC)C1C. The van der Waals surface area contributed by atoms with E-state index in [9.17, 15) is 19.2 Å². The Morgan fingerprint density at radius 2 is 1.21 bits per heavy atom. The van der Waals surface area contributed by atoms with Gasteiger partial charge in [-0.25, -0.2) is 19.6 Å². The van der Waals surface area contributed by atoms with Crippen LogP contribution in [0, 0.1) is 23.7 Å². The van der Waals surface area contributed by atoms with Crippen LogP contribution in [0.4, 0.5) is 0 Å². The van der Waals surface area contributed by atoms with Crippen LogP contribution in [0.1, 0.15) is 174 Å². The Morgan fingerprint density at radius 1 is 0.732 bits per heavy atom. The smallest absolute Gasteiger partial charge is 0.342 e. The van der Waals surface area contributed by atoms with E-state index in [4.69, 9.17) is 19.5 Å². The summed E-state index contributed by atoms with van der Waals surface area (Å²) in [7, 11) is 0. The number of carbonyl (C=O) groups is 4. The van der Waals surface area contributed by atoms with E-state index in [0.717, 1.165) is 56.9 Å². The van der Waals surface area contributed by atoms with Crippen molar-refractivity contribution in [2.24, 2.45) is 33.7 Å². The lowest BCUT2D eigenvalue weighted by molar-refractivity contribution is -0.150. The molecule has 0 spiro atoms. The summed E-state index contributed by atoms with van der Waals surface area (Å²) in [5.74, 6) is -1.82. The Morgan fingerprint density at radius 3 is 1.66 bits per heavy atom. The molecule has 10 heteroatoms. The largest absolute Gasteiger partial charge is 0.456 e. The highest BCUT2D eigenvalue weighted by Crippen LogP contribution is 2.39. The summed E-state index contributed by atoms with van der Waals surface area (Å²) in [6.45, 7) is 29.0. The predicted octanol–water partition coefficient (Wildman–Crippen LogP) is 10.4. The average Bonchev–Trinajstić information content (AvgIpc) is 3.33. The maximum Gasteiger partial charge on any atom is 0.342 e. The zero-order chi connectivity index (χ0) is 42.5. The van der Waals surface area contributed by atoms with Gasteiger partial charge in [0.25, 0.3) is 0 Å². The van der Waals surface area contributed by atoms with Gasteiger partial charge in [0.15, 0.2) is 0 Å². The van der Waals surface area contributed by atoms with Crippen molar-refractivity contribution in [3.63, 3.8) is 0 Å². The van der Waals surface area contributed by atoms with Gasteiger partial charge < -0.3 is 20.1 Å². The second kappa shape index (κ2) is 21.6. The first-order chi connectivity index (χ1) is 26.1. The second-order valence-electron chi connectivity index (χ2n) is 17.6. The third-order valence-electron chi connectivity index (χ3n) is 10.2. The Labute approximate surface area is 338 Å². The Bertz CT molecular complexity index is 1630. The number of carbonyl (C=O) groups excluding carboxylic acids is 4. The van der Waals surface area contributed by atoms with E-state index >= 15 is 0 Å². The van der Waals surface area contributed by atoms with E-state index in [1.165, 1.54) is 0 Å². The van der Waals surface area contributed by atoms with Crippen molar-refractivity contribution in [1.29, 1.82) is 0 Å². The molecule has 3 unspecified atom stereocenters. The molecule has 0 aromatic carbocycles. The number of ether oxygens (including phenoxy) is 2. The number of nitrogens with zero attached hydrogens (tertiary/aromatic N) is 2. The van der Waals surface area contributed by atoms with Gasteiger partial charge in [-0.3, -0.25) is 9.59 Å². The minimum atomic E-state index is -0.795. The van der Waals surface area contributed by atoms with Crippen molar-refractivity contribution < 1.29 is 28.7 Å². The lowest BCUT2D eigenvalue weighted by atomic mass is 9.83. The van der Waals surface area contributed by atoms with Crippen molar-refractivity contribution in [2.45, 2.75) is 186 Å². The highest BCUT2D eigenvalue weighted by molar-refractivity contribution is 6.25. The molecule has 0 saturated heterocycles. The van der Waals surface area contributed by atoms with E-state index in [0.29, 0.717) is 53.2 Å². The maximum atomic E-state index is 14.4. The summed E-state index contributed by atoms with van der Waals surface area (Å²) in [4.78, 5) is 66.0. The highest BCUT2D eigenvalue weighted by atomic mass is 16.6. The molecule has 2 N–H and O–H groups in total. The molecule has 0 fully saturated rings. The summed E-state index contributed by atoms with van der Waals surface area (Å²) in [5.41, 5.74) is 1.93. The molecule has 3 atom stereocenters. The number of amidine groups is 2. The molecule has 2 aliphatic heterocycles. The average molecular weight is 779 g/mol. The number of aliphatic imine (C=N–C) groups is 2. The standard InChI is InChI=1S/C46H74N4O6/c1-16-21-24-31(19-4)41(51)49-39-29(8)33(26-23-18-3)38(44(54)56-46(13,14)15)36(28(6)7)35(48-39)27-34-30(9)37(43(53)55-45(10,11)12)40(47-34)50-42(52)32(20-5)25-22-17-2/h27-29,31-32H,16-26H2,1-15H3,(H,47,50,52)(H,48,49,51)/b34-27-. The van der Waals surface area contributed by atoms with E-state index in [1.807, 2.05) is 55.4 Å². The monoisotopic (exact) mass is 779 g/mol. The number of rotatable bonds is 17. The van der Waals surface area contributed by atoms with Crippen LogP contribution in [0.2, 0.25) is 0 Å². The fraction of sp³-hybridized carbons (Fsp3) is 0.696. The molecular formula is C46H74N4O6. The Hall–Kier alpha value is -3.82. The first kappa shape index (κ1) is 48.3. The molecule has 0 aliphatic carbocycles.